The minimum Gasteiger partial charge on any atom is -0.868 e. The monoisotopic (exact) mass is 504 g/mol. The van der Waals surface area contributed by atoms with E-state index >= 15 is 0 Å². The van der Waals surface area contributed by atoms with Crippen LogP contribution < -0.4 is 19.5 Å². The molecule has 8 nitrogen and oxygen atoms in total. The third-order valence-electron chi connectivity index (χ3n) is 6.25. The summed E-state index contributed by atoms with van der Waals surface area (Å²) in [5.41, 5.74) is 1.62. The number of hydrogen-bond acceptors (Lipinski definition) is 6. The average Bonchev–Trinajstić information content (AvgIpc) is 3.42. The first-order chi connectivity index (χ1) is 17.8. The third-order valence-corrected chi connectivity index (χ3v) is 6.25. The van der Waals surface area contributed by atoms with E-state index < -0.39 is 23.5 Å². The second-order valence-corrected chi connectivity index (χ2v) is 9.37. The van der Waals surface area contributed by atoms with E-state index in [-0.39, 0.29) is 11.3 Å². The normalized spacial score (nSPS) is 15.5. The molecule has 0 fully saturated rings. The van der Waals surface area contributed by atoms with Gasteiger partial charge in [0.2, 0.25) is 11.7 Å². The predicted octanol–water partition coefficient (Wildman–Crippen LogP) is 1.88. The first kappa shape index (κ1) is 26.0. The van der Waals surface area contributed by atoms with Crippen LogP contribution in [-0.4, -0.2) is 57.0 Å². The highest BCUT2D eigenvalue weighted by atomic mass is 16.5. The Morgan fingerprint density at radius 3 is 2.35 bits per heavy atom. The van der Waals surface area contributed by atoms with Crippen LogP contribution in [0.15, 0.2) is 76.4 Å². The number of aryl methyl sites for hydroxylation is 2. The predicted molar refractivity (Wildman–Crippen MR) is 136 cm³/mol. The quantitative estimate of drug-likeness (QED) is 0.317. The van der Waals surface area contributed by atoms with E-state index in [2.05, 4.69) is 0 Å². The van der Waals surface area contributed by atoms with Gasteiger partial charge in [0.1, 0.15) is 30.5 Å². The molecular formula is C29H32N2O6. The molecule has 1 amide bonds. The number of ketones is 1. The van der Waals surface area contributed by atoms with E-state index in [1.165, 1.54) is 11.0 Å². The molecular weight excluding hydrogens is 472 g/mol. The molecule has 1 aliphatic rings. The second-order valence-electron chi connectivity index (χ2n) is 9.37. The van der Waals surface area contributed by atoms with E-state index in [9.17, 15) is 14.7 Å². The Labute approximate surface area is 216 Å². The standard InChI is InChI=1S/C29H32N2O6/c1-19-7-5-6-8-23(19)36-18-17-35-22-12-10-21(11-13-22)26-25(27(32)24-14-9-20(2)37-24)28(33)29(34)31(26)16-15-30(3)4/h5-14,26,33H,15-18H2,1-4H3. The Bertz CT molecular complexity index is 1290. The smallest absolute Gasteiger partial charge is 0.240 e. The molecule has 0 radical (unpaired) electrons. The maximum atomic E-state index is 13.3. The molecule has 0 spiro atoms. The number of hydrogen-bond donors (Lipinski definition) is 1. The van der Waals surface area contributed by atoms with Gasteiger partial charge in [-0.3, -0.25) is 9.59 Å². The number of benzene rings is 2. The van der Waals surface area contributed by atoms with Gasteiger partial charge in [0.15, 0.2) is 5.76 Å². The molecule has 1 aliphatic heterocycles. The number of amides is 1. The molecule has 4 rings (SSSR count). The fourth-order valence-electron chi connectivity index (χ4n) is 4.26. The van der Waals surface area contributed by atoms with Crippen LogP contribution >= 0.6 is 0 Å². The highest BCUT2D eigenvalue weighted by Gasteiger charge is 2.40. The molecule has 2 aromatic carbocycles. The van der Waals surface area contributed by atoms with Crippen molar-refractivity contribution in [2.45, 2.75) is 19.9 Å². The first-order valence-corrected chi connectivity index (χ1v) is 12.3. The second kappa shape index (κ2) is 11.3. The van der Waals surface area contributed by atoms with Crippen molar-refractivity contribution in [1.29, 1.82) is 0 Å². The van der Waals surface area contributed by atoms with Crippen LogP contribution in [0.25, 0.3) is 0 Å². The number of rotatable bonds is 11. The van der Waals surface area contributed by atoms with E-state index in [4.69, 9.17) is 13.9 Å². The van der Waals surface area contributed by atoms with Crippen molar-refractivity contribution in [3.05, 3.63) is 94.6 Å². The van der Waals surface area contributed by atoms with Crippen LogP contribution in [0.1, 0.15) is 33.5 Å². The van der Waals surface area contributed by atoms with Crippen molar-refractivity contribution in [1.82, 2.24) is 4.90 Å². The SMILES string of the molecule is Cc1ccc(C(=O)C2=C([O-])C(=O)N(CC[NH+](C)C)C2c2ccc(OCCOc3ccccc3C)cc2)o1. The number of quaternary nitrogens is 1. The van der Waals surface area contributed by atoms with Gasteiger partial charge in [-0.25, -0.2) is 0 Å². The maximum absolute atomic E-state index is 13.3. The molecule has 37 heavy (non-hydrogen) atoms. The molecule has 0 saturated carbocycles. The summed E-state index contributed by atoms with van der Waals surface area (Å²) in [5.74, 6) is 0.0104. The lowest BCUT2D eigenvalue weighted by Gasteiger charge is -2.28. The van der Waals surface area contributed by atoms with Crippen molar-refractivity contribution in [2.75, 3.05) is 40.4 Å². The van der Waals surface area contributed by atoms with Gasteiger partial charge in [0, 0.05) is 5.57 Å². The van der Waals surface area contributed by atoms with Crippen molar-refractivity contribution in [3.63, 3.8) is 0 Å². The summed E-state index contributed by atoms with van der Waals surface area (Å²) in [5, 5.41) is 13.0. The number of nitrogens with zero attached hydrogens (tertiary/aromatic N) is 1. The summed E-state index contributed by atoms with van der Waals surface area (Å²) >= 11 is 0. The first-order valence-electron chi connectivity index (χ1n) is 12.3. The zero-order valence-electron chi connectivity index (χ0n) is 21.6. The van der Waals surface area contributed by atoms with Gasteiger partial charge in [-0.05, 0) is 61.1 Å². The van der Waals surface area contributed by atoms with Crippen LogP contribution in [0.3, 0.4) is 0 Å². The molecule has 0 aliphatic carbocycles. The number of furan rings is 1. The largest absolute Gasteiger partial charge is 0.868 e. The highest BCUT2D eigenvalue weighted by Crippen LogP contribution is 2.38. The van der Waals surface area contributed by atoms with Gasteiger partial charge in [0.25, 0.3) is 0 Å². The summed E-state index contributed by atoms with van der Waals surface area (Å²) in [6, 6.07) is 17.3. The maximum Gasteiger partial charge on any atom is 0.240 e. The molecule has 1 aromatic heterocycles. The number of Topliss-reactive ketones (excluding diaryl/α,β-unsaturated/α-hetero) is 1. The number of ether oxygens (including phenoxy) is 2. The Morgan fingerprint density at radius 2 is 1.70 bits per heavy atom. The van der Waals surface area contributed by atoms with Crippen molar-refractivity contribution < 1.29 is 33.5 Å². The number of carbonyl (C=O) groups is 2. The molecule has 0 saturated heterocycles. The molecule has 1 N–H and O–H groups in total. The molecule has 2 heterocycles. The van der Waals surface area contributed by atoms with E-state index in [0.717, 1.165) is 16.2 Å². The van der Waals surface area contributed by atoms with E-state index in [0.29, 0.717) is 43.4 Å². The summed E-state index contributed by atoms with van der Waals surface area (Å²) < 4.78 is 17.1. The number of para-hydroxylation sites is 1. The summed E-state index contributed by atoms with van der Waals surface area (Å²) in [6.07, 6.45) is 0. The number of nitrogens with one attached hydrogen (secondary N) is 1. The molecule has 0 bridgehead atoms. The fourth-order valence-corrected chi connectivity index (χ4v) is 4.26. The Morgan fingerprint density at radius 1 is 1.00 bits per heavy atom. The Balaban J connectivity index is 1.51. The van der Waals surface area contributed by atoms with Crippen molar-refractivity contribution in [2.24, 2.45) is 0 Å². The van der Waals surface area contributed by atoms with Gasteiger partial charge in [0.05, 0.1) is 33.2 Å². The third kappa shape index (κ3) is 5.86. The lowest BCUT2D eigenvalue weighted by molar-refractivity contribution is -0.857. The molecule has 1 unspecified atom stereocenters. The number of carbonyl (C=O) groups excluding carboxylic acids is 2. The van der Waals surface area contributed by atoms with Gasteiger partial charge >= 0.3 is 0 Å². The highest BCUT2D eigenvalue weighted by molar-refractivity contribution is 6.14. The summed E-state index contributed by atoms with van der Waals surface area (Å²) in [7, 11) is 3.93. The molecule has 3 aromatic rings. The topological polar surface area (TPSA) is 96.5 Å². The van der Waals surface area contributed by atoms with Gasteiger partial charge in [-0.15, -0.1) is 0 Å². The Hall–Kier alpha value is -4.04. The average molecular weight is 505 g/mol. The van der Waals surface area contributed by atoms with Crippen LogP contribution in [-0.2, 0) is 4.79 Å². The lowest BCUT2D eigenvalue weighted by atomic mass is 9.95. The minimum absolute atomic E-state index is 0.0485. The van der Waals surface area contributed by atoms with Crippen LogP contribution in [0.4, 0.5) is 0 Å². The fraction of sp³-hybridized carbons (Fsp3) is 0.310. The molecule has 8 heteroatoms. The van der Waals surface area contributed by atoms with Gasteiger partial charge in [-0.1, -0.05) is 30.3 Å². The molecule has 194 valence electrons. The molecule has 1 atom stereocenters. The zero-order valence-corrected chi connectivity index (χ0v) is 21.6. The summed E-state index contributed by atoms with van der Waals surface area (Å²) in [4.78, 5) is 28.9. The minimum atomic E-state index is -0.796. The van der Waals surface area contributed by atoms with Crippen molar-refractivity contribution >= 4 is 11.7 Å². The van der Waals surface area contributed by atoms with E-state index in [1.54, 1.807) is 37.3 Å². The van der Waals surface area contributed by atoms with Crippen LogP contribution in [0, 0.1) is 13.8 Å². The van der Waals surface area contributed by atoms with Gasteiger partial charge < -0.3 is 28.8 Å². The van der Waals surface area contributed by atoms with Gasteiger partial charge in [-0.2, -0.15) is 0 Å². The van der Waals surface area contributed by atoms with Crippen molar-refractivity contribution in [3.8, 4) is 11.5 Å². The summed E-state index contributed by atoms with van der Waals surface area (Å²) in [6.45, 7) is 5.39. The zero-order chi connectivity index (χ0) is 26.5. The lowest BCUT2D eigenvalue weighted by Crippen LogP contribution is -3.06. The van der Waals surface area contributed by atoms with E-state index in [1.807, 2.05) is 45.3 Å². The van der Waals surface area contributed by atoms with Crippen LogP contribution in [0.5, 0.6) is 11.5 Å². The Kier molecular flexibility index (Phi) is 7.98. The number of likely N-dealkylation sites (N-methyl/N-ethyl adjacent to an activating group) is 1. The van der Waals surface area contributed by atoms with Crippen LogP contribution in [0.2, 0.25) is 0 Å².